The third-order valence-corrected chi connectivity index (χ3v) is 2.89. The Morgan fingerprint density at radius 1 is 1.05 bits per heavy atom. The smallest absolute Gasteiger partial charge is 0.344 e. The molecule has 0 aliphatic rings. The summed E-state index contributed by atoms with van der Waals surface area (Å²) in [5, 5.41) is 0. The lowest BCUT2D eigenvalue weighted by molar-refractivity contribution is -0.145. The van der Waals surface area contributed by atoms with E-state index in [2.05, 4.69) is 11.8 Å². The van der Waals surface area contributed by atoms with E-state index in [1.54, 1.807) is 19.1 Å². The largest absolute Gasteiger partial charge is 0.482 e. The number of hydrogen-bond donors (Lipinski definition) is 0. The summed E-state index contributed by atoms with van der Waals surface area (Å²) in [5.74, 6) is 6.48. The number of esters is 1. The average Bonchev–Trinajstić information content (AvgIpc) is 2.52. The quantitative estimate of drug-likeness (QED) is 0.641. The molecular formula is C19H18O3. The van der Waals surface area contributed by atoms with Crippen molar-refractivity contribution < 1.29 is 14.3 Å². The summed E-state index contributed by atoms with van der Waals surface area (Å²) < 4.78 is 10.1. The molecule has 0 fully saturated rings. The minimum Gasteiger partial charge on any atom is -0.482 e. The monoisotopic (exact) mass is 294 g/mol. The number of aryl methyl sites for hydroxylation is 1. The lowest BCUT2D eigenvalue weighted by Crippen LogP contribution is -2.14. The molecule has 3 nitrogen and oxygen atoms in total. The second-order valence-corrected chi connectivity index (χ2v) is 4.74. The van der Waals surface area contributed by atoms with Crippen LogP contribution in [0.2, 0.25) is 0 Å². The van der Waals surface area contributed by atoms with E-state index in [-0.39, 0.29) is 12.6 Å². The first-order valence-corrected chi connectivity index (χ1v) is 7.14. The van der Waals surface area contributed by atoms with Gasteiger partial charge >= 0.3 is 5.97 Å². The van der Waals surface area contributed by atoms with Crippen molar-refractivity contribution in [2.24, 2.45) is 0 Å². The Balaban J connectivity index is 1.96. The molecule has 112 valence electrons. The summed E-state index contributed by atoms with van der Waals surface area (Å²) in [6, 6.07) is 15.4. The van der Waals surface area contributed by atoms with Crippen LogP contribution >= 0.6 is 0 Å². The molecule has 0 aliphatic carbocycles. The van der Waals surface area contributed by atoms with Crippen LogP contribution in [0.4, 0.5) is 0 Å². The van der Waals surface area contributed by atoms with Gasteiger partial charge in [0.05, 0.1) is 6.61 Å². The summed E-state index contributed by atoms with van der Waals surface area (Å²) in [7, 11) is 0. The maximum atomic E-state index is 11.2. The Kier molecular flexibility index (Phi) is 5.62. The fourth-order valence-electron chi connectivity index (χ4n) is 1.85. The standard InChI is InChI=1S/C19H18O3/c1-3-21-19(20)14-22-18-11-9-16(10-12-18)7-8-17-6-4-5-15(2)13-17/h4-6,9-13H,3,14H2,1-2H3. The van der Waals surface area contributed by atoms with E-state index in [1.807, 2.05) is 43.3 Å². The third kappa shape index (κ3) is 4.99. The van der Waals surface area contributed by atoms with Gasteiger partial charge in [-0.1, -0.05) is 24.0 Å². The van der Waals surface area contributed by atoms with Gasteiger partial charge in [-0.3, -0.25) is 0 Å². The van der Waals surface area contributed by atoms with Gasteiger partial charge in [0.25, 0.3) is 0 Å². The van der Waals surface area contributed by atoms with Crippen LogP contribution in [0, 0.1) is 18.8 Å². The van der Waals surface area contributed by atoms with Crippen LogP contribution in [0.1, 0.15) is 23.6 Å². The van der Waals surface area contributed by atoms with Gasteiger partial charge in [-0.05, 0) is 55.8 Å². The Hall–Kier alpha value is -2.73. The zero-order valence-electron chi connectivity index (χ0n) is 12.8. The molecule has 2 aromatic rings. The van der Waals surface area contributed by atoms with Crippen LogP contribution in [0.3, 0.4) is 0 Å². The number of benzene rings is 2. The first-order valence-electron chi connectivity index (χ1n) is 7.14. The molecule has 0 radical (unpaired) electrons. The van der Waals surface area contributed by atoms with E-state index >= 15 is 0 Å². The molecule has 0 aromatic heterocycles. The van der Waals surface area contributed by atoms with E-state index < -0.39 is 0 Å². The highest BCUT2D eigenvalue weighted by Gasteiger charge is 2.02. The summed E-state index contributed by atoms with van der Waals surface area (Å²) >= 11 is 0. The molecule has 0 saturated heterocycles. The fourth-order valence-corrected chi connectivity index (χ4v) is 1.85. The molecule has 0 atom stereocenters. The van der Waals surface area contributed by atoms with E-state index in [4.69, 9.17) is 9.47 Å². The van der Waals surface area contributed by atoms with E-state index in [0.717, 1.165) is 11.1 Å². The topological polar surface area (TPSA) is 35.5 Å². The van der Waals surface area contributed by atoms with E-state index in [9.17, 15) is 4.79 Å². The molecule has 3 heteroatoms. The predicted octanol–water partition coefficient (Wildman–Crippen LogP) is 3.34. The predicted molar refractivity (Wildman–Crippen MR) is 85.7 cm³/mol. The molecule has 0 saturated carbocycles. The Morgan fingerprint density at radius 3 is 2.45 bits per heavy atom. The highest BCUT2D eigenvalue weighted by atomic mass is 16.6. The van der Waals surface area contributed by atoms with Crippen molar-refractivity contribution in [3.63, 3.8) is 0 Å². The van der Waals surface area contributed by atoms with E-state index in [0.29, 0.717) is 12.4 Å². The molecule has 0 unspecified atom stereocenters. The van der Waals surface area contributed by atoms with Crippen molar-refractivity contribution in [1.29, 1.82) is 0 Å². The first-order chi connectivity index (χ1) is 10.7. The molecule has 22 heavy (non-hydrogen) atoms. The number of ether oxygens (including phenoxy) is 2. The number of carbonyl (C=O) groups is 1. The molecule has 0 aliphatic heterocycles. The molecule has 0 amide bonds. The summed E-state index contributed by atoms with van der Waals surface area (Å²) in [4.78, 5) is 11.2. The zero-order valence-corrected chi connectivity index (χ0v) is 12.8. The maximum Gasteiger partial charge on any atom is 0.344 e. The molecular weight excluding hydrogens is 276 g/mol. The van der Waals surface area contributed by atoms with Gasteiger partial charge < -0.3 is 9.47 Å². The van der Waals surface area contributed by atoms with Crippen molar-refractivity contribution in [3.05, 3.63) is 65.2 Å². The lowest BCUT2D eigenvalue weighted by Gasteiger charge is -2.05. The van der Waals surface area contributed by atoms with Crippen LogP contribution < -0.4 is 4.74 Å². The van der Waals surface area contributed by atoms with Crippen LogP contribution in [-0.2, 0) is 9.53 Å². The summed E-state index contributed by atoms with van der Waals surface area (Å²) in [6.45, 7) is 4.08. The van der Waals surface area contributed by atoms with Gasteiger partial charge in [-0.2, -0.15) is 0 Å². The summed E-state index contributed by atoms with van der Waals surface area (Å²) in [6.07, 6.45) is 0. The van der Waals surface area contributed by atoms with Crippen molar-refractivity contribution in [2.75, 3.05) is 13.2 Å². The van der Waals surface area contributed by atoms with Gasteiger partial charge in [0.1, 0.15) is 5.75 Å². The van der Waals surface area contributed by atoms with Crippen molar-refractivity contribution in [1.82, 2.24) is 0 Å². The van der Waals surface area contributed by atoms with Crippen molar-refractivity contribution in [3.8, 4) is 17.6 Å². The normalized spacial score (nSPS) is 9.55. The molecule has 0 spiro atoms. The van der Waals surface area contributed by atoms with Gasteiger partial charge in [0.2, 0.25) is 0 Å². The van der Waals surface area contributed by atoms with Crippen LogP contribution in [0.5, 0.6) is 5.75 Å². The number of carbonyl (C=O) groups excluding carboxylic acids is 1. The number of hydrogen-bond acceptors (Lipinski definition) is 3. The van der Waals surface area contributed by atoms with Crippen LogP contribution in [-0.4, -0.2) is 19.2 Å². The minimum atomic E-state index is -0.370. The molecule has 0 heterocycles. The second kappa shape index (κ2) is 7.90. The average molecular weight is 294 g/mol. The minimum absolute atomic E-state index is 0.0812. The molecule has 2 rings (SSSR count). The van der Waals surface area contributed by atoms with Gasteiger partial charge in [0, 0.05) is 11.1 Å². The molecule has 0 N–H and O–H groups in total. The van der Waals surface area contributed by atoms with Gasteiger partial charge in [-0.15, -0.1) is 0 Å². The fraction of sp³-hybridized carbons (Fsp3) is 0.211. The Bertz CT molecular complexity index is 691. The Morgan fingerprint density at radius 2 is 1.77 bits per heavy atom. The summed E-state index contributed by atoms with van der Waals surface area (Å²) in [5.41, 5.74) is 3.07. The van der Waals surface area contributed by atoms with Crippen molar-refractivity contribution >= 4 is 5.97 Å². The van der Waals surface area contributed by atoms with Gasteiger partial charge in [-0.25, -0.2) is 4.79 Å². The highest BCUT2D eigenvalue weighted by Crippen LogP contribution is 2.12. The van der Waals surface area contributed by atoms with Crippen LogP contribution in [0.25, 0.3) is 0 Å². The van der Waals surface area contributed by atoms with Crippen molar-refractivity contribution in [2.45, 2.75) is 13.8 Å². The molecule has 2 aromatic carbocycles. The van der Waals surface area contributed by atoms with Gasteiger partial charge in [0.15, 0.2) is 6.61 Å². The first kappa shape index (κ1) is 15.7. The third-order valence-electron chi connectivity index (χ3n) is 2.89. The Labute approximate surface area is 130 Å². The SMILES string of the molecule is CCOC(=O)COc1ccc(C#Cc2cccc(C)c2)cc1. The maximum absolute atomic E-state index is 11.2. The second-order valence-electron chi connectivity index (χ2n) is 4.74. The van der Waals surface area contributed by atoms with E-state index in [1.165, 1.54) is 5.56 Å². The van der Waals surface area contributed by atoms with Crippen LogP contribution in [0.15, 0.2) is 48.5 Å². The zero-order chi connectivity index (χ0) is 15.8. The highest BCUT2D eigenvalue weighted by molar-refractivity contribution is 5.71. The number of rotatable bonds is 4. The lowest BCUT2D eigenvalue weighted by atomic mass is 10.1. The molecule has 0 bridgehead atoms.